The fourth-order valence-corrected chi connectivity index (χ4v) is 3.85. The number of hydrogen-bond acceptors (Lipinski definition) is 7. The van der Waals surface area contributed by atoms with Gasteiger partial charge in [0, 0.05) is 31.8 Å². The summed E-state index contributed by atoms with van der Waals surface area (Å²) in [5, 5.41) is 4.26. The first-order valence-electron chi connectivity index (χ1n) is 9.49. The third kappa shape index (κ3) is 3.85. The van der Waals surface area contributed by atoms with Gasteiger partial charge in [-0.25, -0.2) is 4.98 Å². The minimum atomic E-state index is -0.119. The van der Waals surface area contributed by atoms with E-state index >= 15 is 0 Å². The van der Waals surface area contributed by atoms with Gasteiger partial charge < -0.3 is 14.2 Å². The minimum absolute atomic E-state index is 0.0595. The zero-order valence-corrected chi connectivity index (χ0v) is 15.8. The van der Waals surface area contributed by atoms with Gasteiger partial charge in [-0.1, -0.05) is 18.0 Å². The summed E-state index contributed by atoms with van der Waals surface area (Å²) in [5.41, 5.74) is 1.08. The Balaban J connectivity index is 1.48. The Hall–Kier alpha value is -2.35. The van der Waals surface area contributed by atoms with Gasteiger partial charge in [-0.15, -0.1) is 0 Å². The summed E-state index contributed by atoms with van der Waals surface area (Å²) >= 11 is 0. The molecule has 3 heterocycles. The zero-order valence-electron chi connectivity index (χ0n) is 15.8. The third-order valence-electron chi connectivity index (χ3n) is 5.59. The molecule has 144 valence electrons. The summed E-state index contributed by atoms with van der Waals surface area (Å²) in [5.74, 6) is 1.95. The SMILES string of the molecule is COCc1nc(C2(CC3CC3)CCN(C(=O)c3cnc(C)cn3)CC2)no1. The number of methoxy groups -OCH3 is 1. The van der Waals surface area contributed by atoms with Crippen molar-refractivity contribution in [3.8, 4) is 0 Å². The first-order chi connectivity index (χ1) is 13.1. The number of carbonyl (C=O) groups excluding carboxylic acids is 1. The van der Waals surface area contributed by atoms with Crippen LogP contribution in [-0.4, -0.2) is 51.1 Å². The van der Waals surface area contributed by atoms with Gasteiger partial charge in [-0.3, -0.25) is 9.78 Å². The van der Waals surface area contributed by atoms with E-state index in [0.717, 1.165) is 36.7 Å². The number of ether oxygens (including phenoxy) is 1. The highest BCUT2D eigenvalue weighted by Crippen LogP contribution is 2.46. The Morgan fingerprint density at radius 2 is 2.07 bits per heavy atom. The number of likely N-dealkylation sites (tertiary alicyclic amines) is 1. The van der Waals surface area contributed by atoms with Crippen LogP contribution in [0, 0.1) is 12.8 Å². The summed E-state index contributed by atoms with van der Waals surface area (Å²) in [6.45, 7) is 3.50. The van der Waals surface area contributed by atoms with Crippen molar-refractivity contribution in [2.75, 3.05) is 20.2 Å². The quantitative estimate of drug-likeness (QED) is 0.769. The average molecular weight is 371 g/mol. The van der Waals surface area contributed by atoms with Crippen LogP contribution in [0.15, 0.2) is 16.9 Å². The number of carbonyl (C=O) groups is 1. The van der Waals surface area contributed by atoms with Crippen LogP contribution in [0.25, 0.3) is 0 Å². The van der Waals surface area contributed by atoms with Gasteiger partial charge in [0.1, 0.15) is 12.3 Å². The van der Waals surface area contributed by atoms with E-state index in [2.05, 4.69) is 20.1 Å². The van der Waals surface area contributed by atoms with Gasteiger partial charge >= 0.3 is 0 Å². The lowest BCUT2D eigenvalue weighted by atomic mass is 9.73. The number of rotatable bonds is 6. The molecular formula is C19H25N5O3. The molecule has 2 aromatic rings. The van der Waals surface area contributed by atoms with Crippen LogP contribution in [0.3, 0.4) is 0 Å². The Bertz CT molecular complexity index is 792. The normalized spacial score (nSPS) is 19.3. The van der Waals surface area contributed by atoms with Gasteiger partial charge in [0.2, 0.25) is 0 Å². The van der Waals surface area contributed by atoms with E-state index < -0.39 is 0 Å². The van der Waals surface area contributed by atoms with Crippen LogP contribution in [0.4, 0.5) is 0 Å². The van der Waals surface area contributed by atoms with Crippen molar-refractivity contribution in [3.05, 3.63) is 35.5 Å². The molecule has 2 aliphatic rings. The van der Waals surface area contributed by atoms with Crippen LogP contribution < -0.4 is 0 Å². The standard InChI is InChI=1S/C19H25N5O3/c1-13-10-21-15(11-20-13)17(25)24-7-5-19(6-8-24,9-14-3-4-14)18-22-16(12-26-2)27-23-18/h10-11,14H,3-9,12H2,1-2H3. The maximum absolute atomic E-state index is 12.7. The molecule has 0 radical (unpaired) electrons. The Kier molecular flexibility index (Phi) is 4.90. The summed E-state index contributed by atoms with van der Waals surface area (Å²) in [6.07, 6.45) is 8.45. The summed E-state index contributed by atoms with van der Waals surface area (Å²) < 4.78 is 10.5. The molecule has 2 fully saturated rings. The molecule has 1 aliphatic heterocycles. The molecule has 0 bridgehead atoms. The molecule has 0 atom stereocenters. The molecule has 2 aromatic heterocycles. The predicted octanol–water partition coefficient (Wildman–Crippen LogP) is 2.29. The maximum Gasteiger partial charge on any atom is 0.274 e. The second-order valence-corrected chi connectivity index (χ2v) is 7.71. The van der Waals surface area contributed by atoms with Gasteiger partial charge in [0.25, 0.3) is 11.8 Å². The van der Waals surface area contributed by atoms with Crippen LogP contribution in [0.5, 0.6) is 0 Å². The zero-order chi connectivity index (χ0) is 18.9. The number of aryl methyl sites for hydroxylation is 1. The van der Waals surface area contributed by atoms with Crippen LogP contribution in [-0.2, 0) is 16.8 Å². The van der Waals surface area contributed by atoms with E-state index in [9.17, 15) is 4.79 Å². The Morgan fingerprint density at radius 1 is 1.30 bits per heavy atom. The average Bonchev–Trinajstić information content (AvgIpc) is 3.36. The summed E-state index contributed by atoms with van der Waals surface area (Å²) in [4.78, 5) is 27.6. The highest BCUT2D eigenvalue weighted by atomic mass is 16.5. The van der Waals surface area contributed by atoms with Crippen LogP contribution in [0.1, 0.15) is 60.0 Å². The molecule has 8 nitrogen and oxygen atoms in total. The van der Waals surface area contributed by atoms with Gasteiger partial charge in [-0.2, -0.15) is 4.98 Å². The molecule has 1 aliphatic carbocycles. The van der Waals surface area contributed by atoms with Crippen LogP contribution >= 0.6 is 0 Å². The van der Waals surface area contributed by atoms with Crippen molar-refractivity contribution in [1.82, 2.24) is 25.0 Å². The monoisotopic (exact) mass is 371 g/mol. The van der Waals surface area contributed by atoms with E-state index in [1.54, 1.807) is 19.5 Å². The fraction of sp³-hybridized carbons (Fsp3) is 0.632. The number of nitrogens with zero attached hydrogens (tertiary/aromatic N) is 5. The molecule has 0 N–H and O–H groups in total. The predicted molar refractivity (Wildman–Crippen MR) is 95.9 cm³/mol. The number of hydrogen-bond donors (Lipinski definition) is 0. The summed E-state index contributed by atoms with van der Waals surface area (Å²) in [6, 6.07) is 0. The molecule has 1 amide bonds. The molecule has 8 heteroatoms. The van der Waals surface area contributed by atoms with E-state index in [1.165, 1.54) is 12.8 Å². The molecule has 27 heavy (non-hydrogen) atoms. The van der Waals surface area contributed by atoms with Crippen molar-refractivity contribution < 1.29 is 14.1 Å². The molecule has 0 spiro atoms. The van der Waals surface area contributed by atoms with Crippen molar-refractivity contribution in [2.45, 2.75) is 51.0 Å². The molecular weight excluding hydrogens is 346 g/mol. The van der Waals surface area contributed by atoms with Gasteiger partial charge in [0.15, 0.2) is 5.82 Å². The van der Waals surface area contributed by atoms with Crippen molar-refractivity contribution in [3.63, 3.8) is 0 Å². The van der Waals surface area contributed by atoms with Crippen molar-refractivity contribution in [2.24, 2.45) is 5.92 Å². The molecule has 0 aromatic carbocycles. The number of aromatic nitrogens is 4. The van der Waals surface area contributed by atoms with E-state index in [4.69, 9.17) is 9.26 Å². The van der Waals surface area contributed by atoms with E-state index in [1.807, 2.05) is 11.8 Å². The van der Waals surface area contributed by atoms with E-state index in [0.29, 0.717) is 31.3 Å². The second-order valence-electron chi connectivity index (χ2n) is 7.71. The number of amides is 1. The smallest absolute Gasteiger partial charge is 0.274 e. The topological polar surface area (TPSA) is 94.2 Å². The fourth-order valence-electron chi connectivity index (χ4n) is 3.85. The minimum Gasteiger partial charge on any atom is -0.375 e. The van der Waals surface area contributed by atoms with Crippen molar-refractivity contribution in [1.29, 1.82) is 0 Å². The molecule has 1 saturated heterocycles. The first kappa shape index (κ1) is 18.0. The van der Waals surface area contributed by atoms with Gasteiger partial charge in [0.05, 0.1) is 11.9 Å². The molecule has 0 unspecified atom stereocenters. The molecule has 4 rings (SSSR count). The van der Waals surface area contributed by atoms with Crippen molar-refractivity contribution >= 4 is 5.91 Å². The molecule has 1 saturated carbocycles. The third-order valence-corrected chi connectivity index (χ3v) is 5.59. The Morgan fingerprint density at radius 3 is 2.70 bits per heavy atom. The van der Waals surface area contributed by atoms with Crippen LogP contribution in [0.2, 0.25) is 0 Å². The summed E-state index contributed by atoms with van der Waals surface area (Å²) in [7, 11) is 1.61. The lowest BCUT2D eigenvalue weighted by Gasteiger charge is -2.40. The maximum atomic E-state index is 12.7. The lowest BCUT2D eigenvalue weighted by molar-refractivity contribution is 0.0639. The Labute approximate surface area is 158 Å². The highest BCUT2D eigenvalue weighted by Gasteiger charge is 2.44. The van der Waals surface area contributed by atoms with Gasteiger partial charge in [-0.05, 0) is 32.1 Å². The number of piperidine rings is 1. The lowest BCUT2D eigenvalue weighted by Crippen LogP contribution is -2.46. The van der Waals surface area contributed by atoms with E-state index in [-0.39, 0.29) is 11.3 Å². The second kappa shape index (κ2) is 7.34. The first-order valence-corrected chi connectivity index (χ1v) is 9.49. The highest BCUT2D eigenvalue weighted by molar-refractivity contribution is 5.92. The largest absolute Gasteiger partial charge is 0.375 e.